The van der Waals surface area contributed by atoms with Gasteiger partial charge in [-0.2, -0.15) is 0 Å². The van der Waals surface area contributed by atoms with Gasteiger partial charge in [0.25, 0.3) is 0 Å². The Balaban J connectivity index is 2.05. The first-order valence-electron chi connectivity index (χ1n) is 5.78. The predicted octanol–water partition coefficient (Wildman–Crippen LogP) is 3.39. The van der Waals surface area contributed by atoms with Crippen LogP contribution in [0.1, 0.15) is 12.5 Å². The maximum atomic E-state index is 10.4. The maximum absolute atomic E-state index is 10.4. The van der Waals surface area contributed by atoms with E-state index in [1.807, 2.05) is 36.4 Å². The minimum absolute atomic E-state index is 0.249. The number of hydrogen-bond donors (Lipinski definition) is 2. The van der Waals surface area contributed by atoms with Gasteiger partial charge in [0, 0.05) is 10.6 Å². The summed E-state index contributed by atoms with van der Waals surface area (Å²) < 4.78 is 0. The molecule has 0 saturated heterocycles. The zero-order chi connectivity index (χ0) is 13.0. The van der Waals surface area contributed by atoms with Gasteiger partial charge in [-0.3, -0.25) is 0 Å². The molecule has 2 rings (SSSR count). The van der Waals surface area contributed by atoms with Crippen LogP contribution in [0, 0.1) is 0 Å². The van der Waals surface area contributed by atoms with E-state index in [0.29, 0.717) is 5.75 Å². The number of phenolic OH excluding ortho intramolecular Hbond substituents is 1. The van der Waals surface area contributed by atoms with E-state index in [1.54, 1.807) is 25.1 Å². The van der Waals surface area contributed by atoms with Gasteiger partial charge >= 0.3 is 0 Å². The zero-order valence-corrected chi connectivity index (χ0v) is 11.0. The normalized spacial score (nSPS) is 14.1. The summed E-state index contributed by atoms with van der Waals surface area (Å²) in [5, 5.41) is 19.8. The largest absolute Gasteiger partial charge is 0.508 e. The molecule has 1 unspecified atom stereocenters. The van der Waals surface area contributed by atoms with Crippen LogP contribution in [-0.2, 0) is 5.60 Å². The second-order valence-corrected chi connectivity index (χ2v) is 5.47. The summed E-state index contributed by atoms with van der Waals surface area (Å²) in [5.74, 6) is 0.792. The molecule has 0 bridgehead atoms. The molecule has 2 N–H and O–H groups in total. The standard InChI is InChI=1S/C15H16O2S/c1-15(17,12-6-3-2-4-7-12)11-18-14-9-5-8-13(16)10-14/h2-10,16-17H,11H2,1H3. The van der Waals surface area contributed by atoms with Crippen LogP contribution >= 0.6 is 11.8 Å². The molecular formula is C15H16O2S. The molecule has 2 aromatic carbocycles. The molecule has 0 fully saturated rings. The van der Waals surface area contributed by atoms with Gasteiger partial charge in [-0.15, -0.1) is 11.8 Å². The Morgan fingerprint density at radius 3 is 2.44 bits per heavy atom. The molecule has 0 aliphatic rings. The average molecular weight is 260 g/mol. The molecular weight excluding hydrogens is 244 g/mol. The summed E-state index contributed by atoms with van der Waals surface area (Å²) in [6.45, 7) is 1.80. The highest BCUT2D eigenvalue weighted by Gasteiger charge is 2.22. The first-order chi connectivity index (χ1) is 8.58. The number of hydrogen-bond acceptors (Lipinski definition) is 3. The van der Waals surface area contributed by atoms with Gasteiger partial charge < -0.3 is 10.2 Å². The van der Waals surface area contributed by atoms with Crippen molar-refractivity contribution in [1.82, 2.24) is 0 Å². The van der Waals surface area contributed by atoms with Gasteiger partial charge in [0.1, 0.15) is 5.75 Å². The molecule has 94 valence electrons. The third-order valence-electron chi connectivity index (χ3n) is 2.73. The van der Waals surface area contributed by atoms with Crippen LogP contribution in [0.4, 0.5) is 0 Å². The van der Waals surface area contributed by atoms with Crippen molar-refractivity contribution in [2.24, 2.45) is 0 Å². The van der Waals surface area contributed by atoms with Crippen LogP contribution in [0.15, 0.2) is 59.5 Å². The fourth-order valence-corrected chi connectivity index (χ4v) is 2.67. The van der Waals surface area contributed by atoms with Crippen molar-refractivity contribution in [2.75, 3.05) is 5.75 Å². The van der Waals surface area contributed by atoms with Crippen molar-refractivity contribution in [3.63, 3.8) is 0 Å². The molecule has 0 spiro atoms. The van der Waals surface area contributed by atoms with E-state index in [0.717, 1.165) is 10.5 Å². The molecule has 0 aromatic heterocycles. The lowest BCUT2D eigenvalue weighted by Gasteiger charge is -2.23. The Bertz CT molecular complexity index is 509. The lowest BCUT2D eigenvalue weighted by molar-refractivity contribution is 0.0839. The van der Waals surface area contributed by atoms with Crippen LogP contribution in [0.25, 0.3) is 0 Å². The summed E-state index contributed by atoms with van der Waals surface area (Å²) in [6.07, 6.45) is 0. The predicted molar refractivity (Wildman–Crippen MR) is 74.8 cm³/mol. The topological polar surface area (TPSA) is 40.5 Å². The van der Waals surface area contributed by atoms with Crippen molar-refractivity contribution >= 4 is 11.8 Å². The highest BCUT2D eigenvalue weighted by Crippen LogP contribution is 2.30. The van der Waals surface area contributed by atoms with Gasteiger partial charge in [-0.05, 0) is 30.7 Å². The molecule has 0 radical (unpaired) electrons. The highest BCUT2D eigenvalue weighted by atomic mass is 32.2. The number of thioether (sulfide) groups is 1. The van der Waals surface area contributed by atoms with Crippen LogP contribution < -0.4 is 0 Å². The molecule has 0 heterocycles. The third-order valence-corrected chi connectivity index (χ3v) is 4.03. The lowest BCUT2D eigenvalue weighted by Crippen LogP contribution is -2.24. The smallest absolute Gasteiger partial charge is 0.116 e. The molecule has 3 heteroatoms. The number of phenols is 1. The molecule has 0 aliphatic carbocycles. The Kier molecular flexibility index (Phi) is 3.94. The second kappa shape index (κ2) is 5.46. The van der Waals surface area contributed by atoms with E-state index in [9.17, 15) is 10.2 Å². The molecule has 0 saturated carbocycles. The molecule has 18 heavy (non-hydrogen) atoms. The van der Waals surface area contributed by atoms with E-state index in [4.69, 9.17) is 0 Å². The minimum atomic E-state index is -0.878. The zero-order valence-electron chi connectivity index (χ0n) is 10.2. The van der Waals surface area contributed by atoms with Gasteiger partial charge in [0.2, 0.25) is 0 Å². The summed E-state index contributed by atoms with van der Waals surface area (Å²) in [6, 6.07) is 16.7. The van der Waals surface area contributed by atoms with E-state index in [2.05, 4.69) is 0 Å². The molecule has 0 amide bonds. The summed E-state index contributed by atoms with van der Waals surface area (Å²) in [5.41, 5.74) is 0.0230. The van der Waals surface area contributed by atoms with E-state index in [1.165, 1.54) is 11.8 Å². The molecule has 1 atom stereocenters. The number of aromatic hydroxyl groups is 1. The minimum Gasteiger partial charge on any atom is -0.508 e. The molecule has 2 aromatic rings. The average Bonchev–Trinajstić information content (AvgIpc) is 2.38. The highest BCUT2D eigenvalue weighted by molar-refractivity contribution is 7.99. The Hall–Kier alpha value is -1.45. The van der Waals surface area contributed by atoms with Crippen LogP contribution in [0.2, 0.25) is 0 Å². The fraction of sp³-hybridized carbons (Fsp3) is 0.200. The van der Waals surface area contributed by atoms with Gasteiger partial charge in [0.15, 0.2) is 0 Å². The maximum Gasteiger partial charge on any atom is 0.116 e. The first kappa shape index (κ1) is 13.0. The third kappa shape index (κ3) is 3.28. The Morgan fingerprint density at radius 2 is 1.78 bits per heavy atom. The van der Waals surface area contributed by atoms with Crippen molar-refractivity contribution in [3.05, 3.63) is 60.2 Å². The summed E-state index contributed by atoms with van der Waals surface area (Å²) in [7, 11) is 0. The number of rotatable bonds is 4. The van der Waals surface area contributed by atoms with Crippen LogP contribution in [0.3, 0.4) is 0 Å². The summed E-state index contributed by atoms with van der Waals surface area (Å²) in [4.78, 5) is 0.950. The van der Waals surface area contributed by atoms with Crippen molar-refractivity contribution < 1.29 is 10.2 Å². The number of aliphatic hydroxyl groups is 1. The fourth-order valence-electron chi connectivity index (χ4n) is 1.68. The number of benzene rings is 2. The Morgan fingerprint density at radius 1 is 1.06 bits per heavy atom. The quantitative estimate of drug-likeness (QED) is 0.828. The van der Waals surface area contributed by atoms with E-state index < -0.39 is 5.60 Å². The monoisotopic (exact) mass is 260 g/mol. The van der Waals surface area contributed by atoms with E-state index >= 15 is 0 Å². The first-order valence-corrected chi connectivity index (χ1v) is 6.76. The summed E-state index contributed by atoms with van der Waals surface area (Å²) >= 11 is 1.53. The second-order valence-electron chi connectivity index (χ2n) is 4.43. The van der Waals surface area contributed by atoms with Crippen LogP contribution in [0.5, 0.6) is 5.75 Å². The Labute approximate surface area is 111 Å². The van der Waals surface area contributed by atoms with Gasteiger partial charge in [-0.1, -0.05) is 36.4 Å². The van der Waals surface area contributed by atoms with Gasteiger partial charge in [-0.25, -0.2) is 0 Å². The van der Waals surface area contributed by atoms with E-state index in [-0.39, 0.29) is 5.75 Å². The molecule has 2 nitrogen and oxygen atoms in total. The SMILES string of the molecule is CC(O)(CSc1cccc(O)c1)c1ccccc1. The van der Waals surface area contributed by atoms with Crippen molar-refractivity contribution in [1.29, 1.82) is 0 Å². The lowest BCUT2D eigenvalue weighted by atomic mass is 9.99. The van der Waals surface area contributed by atoms with Crippen LogP contribution in [-0.4, -0.2) is 16.0 Å². The van der Waals surface area contributed by atoms with Crippen molar-refractivity contribution in [3.8, 4) is 5.75 Å². The molecule has 0 aliphatic heterocycles. The van der Waals surface area contributed by atoms with Crippen molar-refractivity contribution in [2.45, 2.75) is 17.4 Å². The van der Waals surface area contributed by atoms with Gasteiger partial charge in [0.05, 0.1) is 5.60 Å².